The second-order valence-electron chi connectivity index (χ2n) is 16.4. The lowest BCUT2D eigenvalue weighted by atomic mass is 10.1. The zero-order valence-corrected chi connectivity index (χ0v) is 39.9. The molecule has 9 heteroatoms. The van der Waals surface area contributed by atoms with Crippen molar-refractivity contribution in [3.8, 4) is 11.5 Å². The molecule has 0 saturated heterocycles. The first-order chi connectivity index (χ1) is 30.4. The third-order valence-corrected chi connectivity index (χ3v) is 10.1. The Kier molecular flexibility index (Phi) is 40.4. The zero-order chi connectivity index (χ0) is 44.8. The molecule has 0 spiro atoms. The Hall–Kier alpha value is -3.40. The summed E-state index contributed by atoms with van der Waals surface area (Å²) in [6, 6.07) is 5.87. The van der Waals surface area contributed by atoms with Gasteiger partial charge in [-0.25, -0.2) is 0 Å². The second kappa shape index (κ2) is 44.2. The molecule has 354 valence electrons. The van der Waals surface area contributed by atoms with E-state index in [0.717, 1.165) is 76.3 Å². The van der Waals surface area contributed by atoms with E-state index in [0.29, 0.717) is 64.0 Å². The standard InChI is InChI=1S/C53H89NO8/c1-5-7-9-11-13-15-17-19-21-23-25-27-29-31-33-35-52(55)61-43-39-57-37-41-59-50-45-49(48-54(3)4)46-51(47-50)60-42-38-58-40-44-62-53(56)36-34-32-30-28-26-24-22-20-18-16-14-12-10-8-6-2/h13-16,19-22,45-47H,5-12,17-18,23-44,48H2,1-4H3. The van der Waals surface area contributed by atoms with E-state index in [9.17, 15) is 9.59 Å². The molecule has 1 aromatic carbocycles. The van der Waals surface area contributed by atoms with Gasteiger partial charge in [0.25, 0.3) is 0 Å². The smallest absolute Gasteiger partial charge is 0.305 e. The number of benzene rings is 1. The second-order valence-corrected chi connectivity index (χ2v) is 16.4. The third-order valence-electron chi connectivity index (χ3n) is 10.1. The van der Waals surface area contributed by atoms with E-state index in [1.165, 1.54) is 77.0 Å². The summed E-state index contributed by atoms with van der Waals surface area (Å²) in [5.41, 5.74) is 1.07. The molecule has 0 heterocycles. The van der Waals surface area contributed by atoms with Crippen molar-refractivity contribution in [3.63, 3.8) is 0 Å². The van der Waals surface area contributed by atoms with Crippen molar-refractivity contribution in [2.45, 2.75) is 174 Å². The van der Waals surface area contributed by atoms with Gasteiger partial charge < -0.3 is 33.3 Å². The number of carbonyl (C=O) groups is 2. The van der Waals surface area contributed by atoms with Crippen LogP contribution in [0.3, 0.4) is 0 Å². The summed E-state index contributed by atoms with van der Waals surface area (Å²) in [6.07, 6.45) is 44.7. The molecule has 0 atom stereocenters. The third kappa shape index (κ3) is 39.4. The normalized spacial score (nSPS) is 11.9. The molecule has 0 radical (unpaired) electrons. The molecule has 0 aromatic heterocycles. The summed E-state index contributed by atoms with van der Waals surface area (Å²) in [5, 5.41) is 0. The van der Waals surface area contributed by atoms with Gasteiger partial charge in [-0.15, -0.1) is 0 Å². The van der Waals surface area contributed by atoms with Gasteiger partial charge in [0.05, 0.1) is 26.4 Å². The number of unbranched alkanes of at least 4 members (excludes halogenated alkanes) is 16. The molecular formula is C53H89NO8. The summed E-state index contributed by atoms with van der Waals surface area (Å²) in [4.78, 5) is 26.3. The number of nitrogens with zero attached hydrogens (tertiary/aromatic N) is 1. The highest BCUT2D eigenvalue weighted by Crippen LogP contribution is 2.24. The molecule has 0 N–H and O–H groups in total. The topological polar surface area (TPSA) is 92.8 Å². The van der Waals surface area contributed by atoms with Crippen molar-refractivity contribution < 1.29 is 38.0 Å². The van der Waals surface area contributed by atoms with Gasteiger partial charge in [-0.3, -0.25) is 9.59 Å². The van der Waals surface area contributed by atoms with Gasteiger partial charge in [-0.1, -0.05) is 127 Å². The molecule has 0 unspecified atom stereocenters. The summed E-state index contributed by atoms with van der Waals surface area (Å²) < 4.78 is 33.9. The fourth-order valence-electron chi connectivity index (χ4n) is 6.63. The number of rotatable bonds is 44. The maximum Gasteiger partial charge on any atom is 0.305 e. The minimum Gasteiger partial charge on any atom is -0.491 e. The predicted molar refractivity (Wildman–Crippen MR) is 257 cm³/mol. The summed E-state index contributed by atoms with van der Waals surface area (Å²) in [7, 11) is 4.03. The fourth-order valence-corrected chi connectivity index (χ4v) is 6.63. The number of esters is 2. The van der Waals surface area contributed by atoms with Crippen LogP contribution in [-0.4, -0.2) is 83.8 Å². The molecule has 0 aliphatic rings. The maximum atomic E-state index is 12.1. The van der Waals surface area contributed by atoms with Crippen LogP contribution in [0.15, 0.2) is 66.8 Å². The highest BCUT2D eigenvalue weighted by Gasteiger charge is 2.07. The Balaban J connectivity index is 2.07. The van der Waals surface area contributed by atoms with Crippen LogP contribution in [0.5, 0.6) is 11.5 Å². The molecule has 0 fully saturated rings. The Morgan fingerprint density at radius 2 is 0.823 bits per heavy atom. The largest absolute Gasteiger partial charge is 0.491 e. The highest BCUT2D eigenvalue weighted by atomic mass is 16.6. The van der Waals surface area contributed by atoms with Gasteiger partial charge in [0, 0.05) is 25.5 Å². The van der Waals surface area contributed by atoms with Crippen LogP contribution in [0.25, 0.3) is 0 Å². The maximum absolute atomic E-state index is 12.1. The van der Waals surface area contributed by atoms with Crippen molar-refractivity contribution in [2.24, 2.45) is 0 Å². The highest BCUT2D eigenvalue weighted by molar-refractivity contribution is 5.69. The Morgan fingerprint density at radius 1 is 0.452 bits per heavy atom. The van der Waals surface area contributed by atoms with Gasteiger partial charge in [-0.05, 0) is 109 Å². The number of hydrogen-bond donors (Lipinski definition) is 0. The SMILES string of the molecule is CCCCCC=CCC=CCCCCCCCC(=O)OCCOCCOc1cc(CN(C)C)cc(OCCOCCOC(=O)CCCCCCCC=CCC=CCCCCC)c1. The summed E-state index contributed by atoms with van der Waals surface area (Å²) >= 11 is 0. The van der Waals surface area contributed by atoms with Gasteiger partial charge in [-0.2, -0.15) is 0 Å². The lowest BCUT2D eigenvalue weighted by molar-refractivity contribution is -0.146. The van der Waals surface area contributed by atoms with E-state index < -0.39 is 0 Å². The average molecular weight is 868 g/mol. The van der Waals surface area contributed by atoms with Gasteiger partial charge in [0.15, 0.2) is 0 Å². The monoisotopic (exact) mass is 868 g/mol. The molecule has 0 aliphatic heterocycles. The van der Waals surface area contributed by atoms with Crippen LogP contribution < -0.4 is 9.47 Å². The van der Waals surface area contributed by atoms with E-state index in [1.54, 1.807) is 0 Å². The number of carbonyl (C=O) groups excluding carboxylic acids is 2. The van der Waals surface area contributed by atoms with E-state index in [1.807, 2.05) is 32.3 Å². The quantitative estimate of drug-likeness (QED) is 0.0361. The van der Waals surface area contributed by atoms with Crippen molar-refractivity contribution in [2.75, 3.05) is 67.0 Å². The minimum absolute atomic E-state index is 0.159. The van der Waals surface area contributed by atoms with E-state index >= 15 is 0 Å². The lowest BCUT2D eigenvalue weighted by Gasteiger charge is -2.15. The Labute approximate surface area is 379 Å². The van der Waals surface area contributed by atoms with Crippen LogP contribution in [0.2, 0.25) is 0 Å². The number of allylic oxidation sites excluding steroid dienone is 8. The molecular weight excluding hydrogens is 779 g/mol. The fraction of sp³-hybridized carbons (Fsp3) is 0.698. The zero-order valence-electron chi connectivity index (χ0n) is 39.9. The molecule has 9 nitrogen and oxygen atoms in total. The van der Waals surface area contributed by atoms with Gasteiger partial charge in [0.1, 0.15) is 37.9 Å². The van der Waals surface area contributed by atoms with Gasteiger partial charge >= 0.3 is 11.9 Å². The van der Waals surface area contributed by atoms with Crippen molar-refractivity contribution in [1.29, 1.82) is 0 Å². The van der Waals surface area contributed by atoms with Crippen LogP contribution in [0, 0.1) is 0 Å². The first-order valence-electron chi connectivity index (χ1n) is 24.6. The first-order valence-corrected chi connectivity index (χ1v) is 24.6. The molecule has 0 bridgehead atoms. The molecule has 0 aliphatic carbocycles. The number of hydrogen-bond acceptors (Lipinski definition) is 9. The summed E-state index contributed by atoms with van der Waals surface area (Å²) in [6.45, 7) is 7.87. The van der Waals surface area contributed by atoms with Crippen LogP contribution >= 0.6 is 0 Å². The van der Waals surface area contributed by atoms with E-state index in [4.69, 9.17) is 28.4 Å². The lowest BCUT2D eigenvalue weighted by Crippen LogP contribution is -2.15. The molecule has 0 saturated carbocycles. The van der Waals surface area contributed by atoms with Gasteiger partial charge in [0.2, 0.25) is 0 Å². The van der Waals surface area contributed by atoms with Crippen molar-refractivity contribution in [3.05, 3.63) is 72.4 Å². The average Bonchev–Trinajstić information content (AvgIpc) is 3.25. The van der Waals surface area contributed by atoms with Crippen molar-refractivity contribution in [1.82, 2.24) is 4.90 Å². The van der Waals surface area contributed by atoms with E-state index in [2.05, 4.69) is 67.4 Å². The minimum atomic E-state index is -0.159. The molecule has 1 aromatic rings. The predicted octanol–water partition coefficient (Wildman–Crippen LogP) is 13.3. The Morgan fingerprint density at radius 3 is 1.23 bits per heavy atom. The van der Waals surface area contributed by atoms with Crippen LogP contribution in [-0.2, 0) is 35.1 Å². The first kappa shape index (κ1) is 56.6. The molecule has 62 heavy (non-hydrogen) atoms. The summed E-state index contributed by atoms with van der Waals surface area (Å²) in [5.74, 6) is 1.08. The molecule has 1 rings (SSSR count). The molecule has 0 amide bonds. The Bertz CT molecular complexity index is 1220. The van der Waals surface area contributed by atoms with Crippen LogP contribution in [0.4, 0.5) is 0 Å². The van der Waals surface area contributed by atoms with E-state index in [-0.39, 0.29) is 25.2 Å². The van der Waals surface area contributed by atoms with Crippen LogP contribution in [0.1, 0.15) is 174 Å². The van der Waals surface area contributed by atoms with Crippen molar-refractivity contribution >= 4 is 11.9 Å². The number of ether oxygens (including phenoxy) is 6.